The molecule has 0 aromatic heterocycles. The predicted octanol–water partition coefficient (Wildman–Crippen LogP) is 5.75. The van der Waals surface area contributed by atoms with Crippen LogP contribution >= 0.6 is 0 Å². The zero-order chi connectivity index (χ0) is 30.8. The zero-order valence-corrected chi connectivity index (χ0v) is 25.5. The number of carbonyl (C=O) groups excluding carboxylic acids is 4. The number of ether oxygens (including phenoxy) is 6. The highest BCUT2D eigenvalue weighted by molar-refractivity contribution is 5.76. The lowest BCUT2D eigenvalue weighted by Crippen LogP contribution is -2.41. The van der Waals surface area contributed by atoms with E-state index in [0.717, 1.165) is 19.3 Å². The van der Waals surface area contributed by atoms with Crippen LogP contribution in [0.3, 0.4) is 0 Å². The van der Waals surface area contributed by atoms with Gasteiger partial charge < -0.3 is 33.7 Å². The van der Waals surface area contributed by atoms with Gasteiger partial charge in [-0.05, 0) is 63.1 Å². The van der Waals surface area contributed by atoms with E-state index in [1.165, 1.54) is 19.2 Å². The van der Waals surface area contributed by atoms with E-state index < -0.39 is 24.3 Å². The van der Waals surface area contributed by atoms with Crippen LogP contribution in [0, 0.1) is 5.92 Å². The van der Waals surface area contributed by atoms with E-state index in [1.807, 2.05) is 27.7 Å². The van der Waals surface area contributed by atoms with Crippen molar-refractivity contribution in [1.29, 1.82) is 0 Å². The second kappa shape index (κ2) is 19.7. The molecule has 0 fully saturated rings. The van der Waals surface area contributed by atoms with Crippen molar-refractivity contribution in [2.45, 2.75) is 105 Å². The van der Waals surface area contributed by atoms with Crippen molar-refractivity contribution in [3.63, 3.8) is 0 Å². The van der Waals surface area contributed by atoms with Crippen molar-refractivity contribution in [3.8, 4) is 11.5 Å². The molecule has 0 saturated carbocycles. The molecule has 0 aliphatic rings. The fraction of sp³-hybridized carbons (Fsp3) is 0.667. The molecular weight excluding hydrogens is 534 g/mol. The van der Waals surface area contributed by atoms with E-state index in [1.54, 1.807) is 19.9 Å². The van der Waals surface area contributed by atoms with Crippen molar-refractivity contribution >= 4 is 24.2 Å². The van der Waals surface area contributed by atoms with Gasteiger partial charge in [0, 0.05) is 13.0 Å². The van der Waals surface area contributed by atoms with Gasteiger partial charge in [-0.25, -0.2) is 9.59 Å². The molecule has 2 unspecified atom stereocenters. The fourth-order valence-corrected chi connectivity index (χ4v) is 3.82. The van der Waals surface area contributed by atoms with Crippen LogP contribution in [-0.4, -0.2) is 62.8 Å². The Morgan fingerprint density at radius 1 is 0.829 bits per heavy atom. The van der Waals surface area contributed by atoms with Gasteiger partial charge in [0.05, 0.1) is 7.11 Å². The summed E-state index contributed by atoms with van der Waals surface area (Å²) >= 11 is 0. The number of benzene rings is 1. The van der Waals surface area contributed by atoms with E-state index in [-0.39, 0.29) is 49.2 Å². The van der Waals surface area contributed by atoms with E-state index in [0.29, 0.717) is 30.7 Å². The second-order valence-corrected chi connectivity index (χ2v) is 10.3. The van der Waals surface area contributed by atoms with Crippen LogP contribution in [0.5, 0.6) is 11.5 Å². The predicted molar refractivity (Wildman–Crippen MR) is 152 cm³/mol. The highest BCUT2D eigenvalue weighted by Crippen LogP contribution is 2.30. The molecule has 3 atom stereocenters. The van der Waals surface area contributed by atoms with Crippen LogP contribution in [0.2, 0.25) is 0 Å². The first-order chi connectivity index (χ1) is 19.5. The van der Waals surface area contributed by atoms with Crippen molar-refractivity contribution in [3.05, 3.63) is 23.8 Å². The Balaban J connectivity index is 3.00. The Bertz CT molecular complexity index is 965. The Hall–Kier alpha value is -3.34. The molecule has 41 heavy (non-hydrogen) atoms. The third-order valence-corrected chi connectivity index (χ3v) is 5.99. The number of nitrogens with one attached hydrogen (secondary N) is 1. The molecule has 1 N–H and O–H groups in total. The zero-order valence-electron chi connectivity index (χ0n) is 25.5. The van der Waals surface area contributed by atoms with Crippen LogP contribution in [0.15, 0.2) is 18.2 Å². The number of esters is 2. The maximum atomic E-state index is 12.5. The molecule has 0 heterocycles. The number of hydrogen-bond acceptors (Lipinski definition) is 11. The summed E-state index contributed by atoms with van der Waals surface area (Å²) in [6.45, 7) is 11.8. The Morgan fingerprint density at radius 3 is 1.95 bits per heavy atom. The summed E-state index contributed by atoms with van der Waals surface area (Å²) in [7, 11) is 1.27. The van der Waals surface area contributed by atoms with Gasteiger partial charge >= 0.3 is 24.2 Å². The molecule has 0 amide bonds. The van der Waals surface area contributed by atoms with Gasteiger partial charge in [0.2, 0.25) is 0 Å². The van der Waals surface area contributed by atoms with E-state index in [9.17, 15) is 19.2 Å². The average molecular weight is 582 g/mol. The molecule has 0 saturated heterocycles. The van der Waals surface area contributed by atoms with Crippen molar-refractivity contribution in [2.75, 3.05) is 20.3 Å². The van der Waals surface area contributed by atoms with Crippen LogP contribution in [0.1, 0.15) is 85.6 Å². The summed E-state index contributed by atoms with van der Waals surface area (Å²) in [5.74, 6) is -0.542. The highest BCUT2D eigenvalue weighted by Gasteiger charge is 2.23. The van der Waals surface area contributed by atoms with Gasteiger partial charge in [0.1, 0.15) is 24.9 Å². The van der Waals surface area contributed by atoms with Gasteiger partial charge in [-0.3, -0.25) is 9.59 Å². The molecule has 0 aliphatic carbocycles. The molecular formula is C30H47NO10. The summed E-state index contributed by atoms with van der Waals surface area (Å²) in [6, 6.07) is 3.77. The summed E-state index contributed by atoms with van der Waals surface area (Å²) in [4.78, 5) is 49.1. The highest BCUT2D eigenvalue weighted by atomic mass is 16.7. The Labute approximate surface area is 243 Å². The van der Waals surface area contributed by atoms with Gasteiger partial charge in [-0.1, -0.05) is 46.6 Å². The molecule has 232 valence electrons. The maximum absolute atomic E-state index is 12.5. The molecule has 0 aliphatic heterocycles. The van der Waals surface area contributed by atoms with Crippen LogP contribution in [0.4, 0.5) is 9.59 Å². The van der Waals surface area contributed by atoms with E-state index in [4.69, 9.17) is 28.4 Å². The van der Waals surface area contributed by atoms with Gasteiger partial charge in [-0.2, -0.15) is 0 Å². The van der Waals surface area contributed by atoms with Crippen LogP contribution in [0.25, 0.3) is 0 Å². The minimum absolute atomic E-state index is 0.0431. The van der Waals surface area contributed by atoms with Gasteiger partial charge in [0.25, 0.3) is 0 Å². The lowest BCUT2D eigenvalue weighted by molar-refractivity contribution is -0.144. The molecule has 1 rings (SSSR count). The summed E-state index contributed by atoms with van der Waals surface area (Å²) < 4.78 is 31.4. The summed E-state index contributed by atoms with van der Waals surface area (Å²) in [5, 5.41) is 3.03. The smallest absolute Gasteiger partial charge is 0.468 e. The normalized spacial score (nSPS) is 13.1. The van der Waals surface area contributed by atoms with Crippen LogP contribution in [-0.2, 0) is 35.0 Å². The Morgan fingerprint density at radius 2 is 1.41 bits per heavy atom. The van der Waals surface area contributed by atoms with E-state index in [2.05, 4.69) is 5.32 Å². The number of hydrogen-bond donors (Lipinski definition) is 1. The monoisotopic (exact) mass is 581 g/mol. The number of rotatable bonds is 18. The fourth-order valence-electron chi connectivity index (χ4n) is 3.82. The van der Waals surface area contributed by atoms with E-state index >= 15 is 0 Å². The van der Waals surface area contributed by atoms with Gasteiger partial charge in [0.15, 0.2) is 11.5 Å². The first-order valence-corrected chi connectivity index (χ1v) is 14.4. The lowest BCUT2D eigenvalue weighted by atomic mass is 10.1. The first kappa shape index (κ1) is 35.7. The average Bonchev–Trinajstić information content (AvgIpc) is 2.90. The second-order valence-electron chi connectivity index (χ2n) is 10.3. The minimum atomic E-state index is -0.956. The molecule has 1 aromatic rings. The molecule has 0 bridgehead atoms. The van der Waals surface area contributed by atoms with Gasteiger partial charge in [-0.15, -0.1) is 0 Å². The summed E-state index contributed by atoms with van der Waals surface area (Å²) in [6.07, 6.45) is 1.57. The third kappa shape index (κ3) is 15.3. The third-order valence-electron chi connectivity index (χ3n) is 5.99. The molecule has 0 spiro atoms. The number of methoxy groups -OCH3 is 1. The topological polar surface area (TPSA) is 136 Å². The SMILES string of the molecule is CCCC(C)OC(=O)Oc1ccc(C[C@H](NCCOC(=O)CCC(C)C)C(=O)OC)cc1OC(=O)OC(C)CCC. The molecule has 1 aromatic carbocycles. The van der Waals surface area contributed by atoms with Crippen LogP contribution < -0.4 is 14.8 Å². The molecule has 0 radical (unpaired) electrons. The van der Waals surface area contributed by atoms with Crippen molar-refractivity contribution in [1.82, 2.24) is 5.32 Å². The Kier molecular flexibility index (Phi) is 17.1. The molecule has 11 heteroatoms. The number of carbonyl (C=O) groups is 4. The first-order valence-electron chi connectivity index (χ1n) is 14.4. The standard InChI is InChI=1S/C30H47NO10/c1-8-10-21(5)38-29(34)40-25-14-13-23(19-26(25)41-30(35)39-22(6)11-9-2)18-24(28(33)36-7)31-16-17-37-27(32)15-12-20(3)4/h13-14,19-22,24,31H,8-12,15-18H2,1-7H3/t21?,22?,24-/m0/s1. The lowest BCUT2D eigenvalue weighted by Gasteiger charge is -2.18. The van der Waals surface area contributed by atoms with Crippen molar-refractivity contribution < 1.29 is 47.6 Å². The quantitative estimate of drug-likeness (QED) is 0.0982. The largest absolute Gasteiger partial charge is 0.514 e. The maximum Gasteiger partial charge on any atom is 0.514 e. The summed E-state index contributed by atoms with van der Waals surface area (Å²) in [5.41, 5.74) is 0.575. The van der Waals surface area contributed by atoms with Crippen molar-refractivity contribution in [2.24, 2.45) is 5.92 Å². The molecule has 11 nitrogen and oxygen atoms in total. The minimum Gasteiger partial charge on any atom is -0.468 e.